The molecule has 0 saturated carbocycles. The molecule has 0 aliphatic heterocycles. The van der Waals surface area contributed by atoms with Gasteiger partial charge >= 0.3 is 6.18 Å². The first-order valence-electron chi connectivity index (χ1n) is 6.60. The molecule has 0 aliphatic rings. The molecule has 21 heavy (non-hydrogen) atoms. The maximum atomic E-state index is 12.6. The van der Waals surface area contributed by atoms with E-state index in [0.717, 1.165) is 5.56 Å². The van der Waals surface area contributed by atoms with Crippen LogP contribution in [-0.4, -0.2) is 6.18 Å². The lowest BCUT2D eigenvalue weighted by Crippen LogP contribution is -2.13. The van der Waals surface area contributed by atoms with Crippen LogP contribution in [0.4, 0.5) is 13.2 Å². The van der Waals surface area contributed by atoms with Gasteiger partial charge in [-0.05, 0) is 41.7 Å². The Balaban J connectivity index is 2.20. The van der Waals surface area contributed by atoms with E-state index in [1.807, 2.05) is 36.4 Å². The number of nitriles is 1. The van der Waals surface area contributed by atoms with Crippen LogP contribution in [0, 0.1) is 11.3 Å². The van der Waals surface area contributed by atoms with Crippen molar-refractivity contribution in [2.75, 3.05) is 0 Å². The predicted molar refractivity (Wildman–Crippen MR) is 74.8 cm³/mol. The summed E-state index contributed by atoms with van der Waals surface area (Å²) in [5.74, 6) is 0. The van der Waals surface area contributed by atoms with Crippen LogP contribution in [0.3, 0.4) is 0 Å². The largest absolute Gasteiger partial charge is 0.393 e. The van der Waals surface area contributed by atoms with Gasteiger partial charge in [-0.1, -0.05) is 36.4 Å². The average Bonchev–Trinajstić information content (AvgIpc) is 2.45. The fraction of sp³-hybridized carbons (Fsp3) is 0.235. The SMILES string of the molecule is N#Cc1ccc(CCc2ccccc2)c(CC(F)(F)F)c1. The Morgan fingerprint density at radius 2 is 1.62 bits per heavy atom. The van der Waals surface area contributed by atoms with Crippen LogP contribution in [-0.2, 0) is 19.3 Å². The first kappa shape index (κ1) is 15.1. The number of hydrogen-bond acceptors (Lipinski definition) is 1. The molecule has 0 amide bonds. The molecule has 0 saturated heterocycles. The molecule has 0 N–H and O–H groups in total. The van der Waals surface area contributed by atoms with Crippen LogP contribution in [0.15, 0.2) is 48.5 Å². The van der Waals surface area contributed by atoms with Crippen molar-refractivity contribution in [3.8, 4) is 6.07 Å². The molecule has 0 unspecified atom stereocenters. The van der Waals surface area contributed by atoms with Crippen molar-refractivity contribution in [2.45, 2.75) is 25.4 Å². The fourth-order valence-corrected chi connectivity index (χ4v) is 2.24. The molecule has 0 heterocycles. The maximum absolute atomic E-state index is 12.6. The first-order chi connectivity index (χ1) is 9.98. The molecule has 108 valence electrons. The summed E-state index contributed by atoms with van der Waals surface area (Å²) >= 11 is 0. The molecule has 2 aromatic rings. The van der Waals surface area contributed by atoms with E-state index in [1.54, 1.807) is 12.1 Å². The third kappa shape index (κ3) is 4.64. The summed E-state index contributed by atoms with van der Waals surface area (Å²) in [6.07, 6.45) is -4.05. The van der Waals surface area contributed by atoms with Gasteiger partial charge in [0.1, 0.15) is 0 Å². The Bertz CT molecular complexity index is 639. The minimum absolute atomic E-state index is 0.192. The van der Waals surface area contributed by atoms with Crippen LogP contribution < -0.4 is 0 Å². The molecule has 0 spiro atoms. The molecule has 2 rings (SSSR count). The zero-order valence-electron chi connectivity index (χ0n) is 11.3. The van der Waals surface area contributed by atoms with Gasteiger partial charge in [0.15, 0.2) is 0 Å². The van der Waals surface area contributed by atoms with Crippen LogP contribution in [0.5, 0.6) is 0 Å². The third-order valence-electron chi connectivity index (χ3n) is 3.25. The van der Waals surface area contributed by atoms with Crippen molar-refractivity contribution in [3.63, 3.8) is 0 Å². The third-order valence-corrected chi connectivity index (χ3v) is 3.25. The van der Waals surface area contributed by atoms with E-state index < -0.39 is 12.6 Å². The number of halogens is 3. The normalized spacial score (nSPS) is 11.1. The Morgan fingerprint density at radius 1 is 0.905 bits per heavy atom. The number of nitrogens with zero attached hydrogens (tertiary/aromatic N) is 1. The summed E-state index contributed by atoms with van der Waals surface area (Å²) in [5.41, 5.74) is 2.19. The highest BCUT2D eigenvalue weighted by Crippen LogP contribution is 2.25. The van der Waals surface area contributed by atoms with Crippen LogP contribution in [0.25, 0.3) is 0 Å². The molecular weight excluding hydrogens is 275 g/mol. The molecule has 0 radical (unpaired) electrons. The van der Waals surface area contributed by atoms with Crippen molar-refractivity contribution in [1.29, 1.82) is 5.26 Å². The standard InChI is InChI=1S/C17H14F3N/c18-17(19,20)11-16-10-14(12-21)7-9-15(16)8-6-13-4-2-1-3-5-13/h1-5,7,9-10H,6,8,11H2. The second kappa shape index (κ2) is 6.45. The summed E-state index contributed by atoms with van der Waals surface area (Å²) in [6, 6.07) is 16.0. The molecule has 2 aromatic carbocycles. The second-order valence-corrected chi connectivity index (χ2v) is 4.87. The molecule has 0 bridgehead atoms. The van der Waals surface area contributed by atoms with Crippen LogP contribution >= 0.6 is 0 Å². The highest BCUT2D eigenvalue weighted by atomic mass is 19.4. The van der Waals surface area contributed by atoms with Gasteiger partial charge in [-0.25, -0.2) is 0 Å². The van der Waals surface area contributed by atoms with Crippen molar-refractivity contribution in [3.05, 3.63) is 70.8 Å². The van der Waals surface area contributed by atoms with Gasteiger partial charge in [0.2, 0.25) is 0 Å². The summed E-state index contributed by atoms with van der Waals surface area (Å²) in [7, 11) is 0. The number of hydrogen-bond donors (Lipinski definition) is 0. The zero-order chi connectivity index (χ0) is 15.3. The quantitative estimate of drug-likeness (QED) is 0.816. The summed E-state index contributed by atoms with van der Waals surface area (Å²) in [4.78, 5) is 0. The smallest absolute Gasteiger partial charge is 0.192 e. The molecule has 4 heteroatoms. The van der Waals surface area contributed by atoms with Gasteiger partial charge in [-0.3, -0.25) is 0 Å². The Kier molecular flexibility index (Phi) is 4.64. The van der Waals surface area contributed by atoms with E-state index in [9.17, 15) is 13.2 Å². The van der Waals surface area contributed by atoms with Crippen molar-refractivity contribution in [2.24, 2.45) is 0 Å². The summed E-state index contributed by atoms with van der Waals surface area (Å²) in [6.45, 7) is 0. The zero-order valence-corrected chi connectivity index (χ0v) is 11.3. The first-order valence-corrected chi connectivity index (χ1v) is 6.60. The van der Waals surface area contributed by atoms with E-state index in [4.69, 9.17) is 5.26 Å². The van der Waals surface area contributed by atoms with E-state index in [0.29, 0.717) is 18.4 Å². The van der Waals surface area contributed by atoms with Gasteiger partial charge in [-0.15, -0.1) is 0 Å². The van der Waals surface area contributed by atoms with Crippen LogP contribution in [0.1, 0.15) is 22.3 Å². The monoisotopic (exact) mass is 289 g/mol. The fourth-order valence-electron chi connectivity index (χ4n) is 2.24. The van der Waals surface area contributed by atoms with E-state index in [-0.39, 0.29) is 11.1 Å². The molecular formula is C17H14F3N. The topological polar surface area (TPSA) is 23.8 Å². The average molecular weight is 289 g/mol. The minimum Gasteiger partial charge on any atom is -0.192 e. The number of benzene rings is 2. The van der Waals surface area contributed by atoms with Gasteiger partial charge in [-0.2, -0.15) is 18.4 Å². The minimum atomic E-state index is -4.27. The van der Waals surface area contributed by atoms with Gasteiger partial charge in [0.25, 0.3) is 0 Å². The van der Waals surface area contributed by atoms with Crippen molar-refractivity contribution >= 4 is 0 Å². The van der Waals surface area contributed by atoms with E-state index in [2.05, 4.69) is 0 Å². The number of aryl methyl sites for hydroxylation is 2. The summed E-state index contributed by atoms with van der Waals surface area (Å²) < 4.78 is 37.9. The molecule has 1 nitrogen and oxygen atoms in total. The molecule has 0 aromatic heterocycles. The van der Waals surface area contributed by atoms with E-state index >= 15 is 0 Å². The molecule has 0 atom stereocenters. The van der Waals surface area contributed by atoms with Crippen LogP contribution in [0.2, 0.25) is 0 Å². The Labute approximate surface area is 121 Å². The Hall–Kier alpha value is -2.28. The molecule has 0 fully saturated rings. The lowest BCUT2D eigenvalue weighted by molar-refractivity contribution is -0.127. The van der Waals surface area contributed by atoms with Crippen molar-refractivity contribution in [1.82, 2.24) is 0 Å². The van der Waals surface area contributed by atoms with Crippen molar-refractivity contribution < 1.29 is 13.2 Å². The highest BCUT2D eigenvalue weighted by molar-refractivity contribution is 5.39. The van der Waals surface area contributed by atoms with Gasteiger partial charge in [0, 0.05) is 0 Å². The number of alkyl halides is 3. The molecule has 0 aliphatic carbocycles. The highest BCUT2D eigenvalue weighted by Gasteiger charge is 2.28. The summed E-state index contributed by atoms with van der Waals surface area (Å²) in [5, 5.41) is 8.83. The number of rotatable bonds is 4. The Morgan fingerprint density at radius 3 is 2.24 bits per heavy atom. The lowest BCUT2D eigenvalue weighted by atomic mass is 9.96. The van der Waals surface area contributed by atoms with Gasteiger partial charge < -0.3 is 0 Å². The van der Waals surface area contributed by atoms with E-state index in [1.165, 1.54) is 6.07 Å². The predicted octanol–water partition coefficient (Wildman–Crippen LogP) is 4.45. The van der Waals surface area contributed by atoms with Gasteiger partial charge in [0.05, 0.1) is 18.1 Å². The maximum Gasteiger partial charge on any atom is 0.393 e. The second-order valence-electron chi connectivity index (χ2n) is 4.87. The lowest BCUT2D eigenvalue weighted by Gasteiger charge is -2.12.